The van der Waals surface area contributed by atoms with Crippen molar-refractivity contribution in [3.8, 4) is 17.0 Å². The molecule has 0 radical (unpaired) electrons. The quantitative estimate of drug-likeness (QED) is 0.569. The van der Waals surface area contributed by atoms with Gasteiger partial charge < -0.3 is 9.73 Å². The van der Waals surface area contributed by atoms with Crippen molar-refractivity contribution < 1.29 is 9.21 Å². The summed E-state index contributed by atoms with van der Waals surface area (Å²) in [7, 11) is 0. The minimum atomic E-state index is -0.0668. The second kappa shape index (κ2) is 7.65. The zero-order chi connectivity index (χ0) is 18.5. The van der Waals surface area contributed by atoms with Crippen LogP contribution in [0.3, 0.4) is 0 Å². The third kappa shape index (κ3) is 4.09. The number of benzene rings is 2. The minimum Gasteiger partial charge on any atom is -0.461 e. The Labute approximate surface area is 155 Å². The average Bonchev–Trinajstić information content (AvgIpc) is 3.40. The van der Waals surface area contributed by atoms with Crippen LogP contribution >= 0.6 is 0 Å². The van der Waals surface area contributed by atoms with Crippen molar-refractivity contribution in [1.82, 2.24) is 20.2 Å². The van der Waals surface area contributed by atoms with E-state index in [1.165, 1.54) is 6.33 Å². The first kappa shape index (κ1) is 16.7. The van der Waals surface area contributed by atoms with Crippen LogP contribution in [0.5, 0.6) is 0 Å². The van der Waals surface area contributed by atoms with E-state index in [9.17, 15) is 4.79 Å². The van der Waals surface area contributed by atoms with Gasteiger partial charge in [-0.3, -0.25) is 4.79 Å². The van der Waals surface area contributed by atoms with Crippen LogP contribution in [-0.2, 0) is 11.2 Å². The van der Waals surface area contributed by atoms with Gasteiger partial charge in [0.05, 0.1) is 5.69 Å². The Balaban J connectivity index is 1.32. The number of aromatic nitrogens is 4. The first-order chi connectivity index (χ1) is 13.3. The second-order valence-corrected chi connectivity index (χ2v) is 5.98. The summed E-state index contributed by atoms with van der Waals surface area (Å²) in [4.78, 5) is 12.2. The molecule has 0 aliphatic rings. The van der Waals surface area contributed by atoms with Crippen LogP contribution in [0.4, 0.5) is 5.69 Å². The van der Waals surface area contributed by atoms with Crippen LogP contribution in [-0.4, -0.2) is 26.1 Å². The number of nitrogens with one attached hydrogen (secondary N) is 1. The van der Waals surface area contributed by atoms with Crippen LogP contribution in [0.25, 0.3) is 17.0 Å². The molecule has 0 unspecified atom stereocenters. The number of nitrogens with zero attached hydrogens (tertiary/aromatic N) is 4. The lowest BCUT2D eigenvalue weighted by molar-refractivity contribution is -0.116. The fraction of sp³-hybridized carbons (Fsp3) is 0.100. The van der Waals surface area contributed by atoms with Crippen molar-refractivity contribution in [3.63, 3.8) is 0 Å². The largest absolute Gasteiger partial charge is 0.461 e. The highest BCUT2D eigenvalue weighted by atomic mass is 16.3. The molecule has 2 aromatic carbocycles. The highest BCUT2D eigenvalue weighted by Crippen LogP contribution is 2.22. The molecule has 0 bridgehead atoms. The van der Waals surface area contributed by atoms with E-state index in [0.29, 0.717) is 12.8 Å². The molecule has 0 saturated carbocycles. The molecular formula is C20H17N5O2. The number of tetrazole rings is 1. The summed E-state index contributed by atoms with van der Waals surface area (Å²) >= 11 is 0. The van der Waals surface area contributed by atoms with E-state index in [2.05, 4.69) is 20.8 Å². The van der Waals surface area contributed by atoms with Crippen LogP contribution in [0.1, 0.15) is 12.2 Å². The summed E-state index contributed by atoms with van der Waals surface area (Å²) < 4.78 is 7.37. The number of carbonyl (C=O) groups excluding carboxylic acids is 1. The van der Waals surface area contributed by atoms with Crippen molar-refractivity contribution in [1.29, 1.82) is 0 Å². The maximum absolute atomic E-state index is 12.2. The smallest absolute Gasteiger partial charge is 0.224 e. The van der Waals surface area contributed by atoms with Gasteiger partial charge in [-0.2, -0.15) is 0 Å². The molecule has 1 N–H and O–H groups in total. The Morgan fingerprint density at radius 1 is 1.00 bits per heavy atom. The number of hydrogen-bond donors (Lipinski definition) is 1. The minimum absolute atomic E-state index is 0.0668. The molecule has 0 fully saturated rings. The Morgan fingerprint density at radius 2 is 1.81 bits per heavy atom. The highest BCUT2D eigenvalue weighted by molar-refractivity contribution is 5.90. The Kier molecular flexibility index (Phi) is 4.74. The van der Waals surface area contributed by atoms with E-state index in [1.807, 2.05) is 66.7 Å². The molecule has 134 valence electrons. The van der Waals surface area contributed by atoms with E-state index in [4.69, 9.17) is 4.42 Å². The second-order valence-electron chi connectivity index (χ2n) is 5.98. The van der Waals surface area contributed by atoms with Crippen molar-refractivity contribution >= 4 is 11.6 Å². The molecule has 27 heavy (non-hydrogen) atoms. The zero-order valence-corrected chi connectivity index (χ0v) is 14.4. The molecule has 0 atom stereocenters. The van der Waals surface area contributed by atoms with Crippen LogP contribution in [0.15, 0.2) is 77.5 Å². The fourth-order valence-corrected chi connectivity index (χ4v) is 2.71. The molecular weight excluding hydrogens is 342 g/mol. The van der Waals surface area contributed by atoms with Gasteiger partial charge in [0.2, 0.25) is 5.91 Å². The SMILES string of the molecule is O=C(CCc1ccc(-c2ccccc2)o1)Nc1ccc(-n2cnnn2)cc1. The van der Waals surface area contributed by atoms with Gasteiger partial charge in [0.1, 0.15) is 17.8 Å². The first-order valence-electron chi connectivity index (χ1n) is 8.55. The lowest BCUT2D eigenvalue weighted by Crippen LogP contribution is -2.12. The predicted octanol–water partition coefficient (Wildman–Crippen LogP) is 3.49. The molecule has 4 aromatic rings. The van der Waals surface area contributed by atoms with Crippen LogP contribution in [0.2, 0.25) is 0 Å². The van der Waals surface area contributed by atoms with Crippen molar-refractivity contribution in [2.24, 2.45) is 0 Å². The molecule has 1 amide bonds. The van der Waals surface area contributed by atoms with Crippen LogP contribution in [0, 0.1) is 0 Å². The normalized spacial score (nSPS) is 10.7. The van der Waals surface area contributed by atoms with Gasteiger partial charge in [-0.15, -0.1) is 5.10 Å². The molecule has 2 aromatic heterocycles. The number of anilines is 1. The summed E-state index contributed by atoms with van der Waals surface area (Å²) in [5.74, 6) is 1.53. The van der Waals surface area contributed by atoms with Crippen molar-refractivity contribution in [2.45, 2.75) is 12.8 Å². The number of carbonyl (C=O) groups is 1. The number of hydrogen-bond acceptors (Lipinski definition) is 5. The van der Waals surface area contributed by atoms with Crippen LogP contribution < -0.4 is 5.32 Å². The lowest BCUT2D eigenvalue weighted by atomic mass is 10.2. The van der Waals surface area contributed by atoms with Gasteiger partial charge in [-0.1, -0.05) is 30.3 Å². The molecule has 4 rings (SSSR count). The number of furan rings is 1. The zero-order valence-electron chi connectivity index (χ0n) is 14.4. The van der Waals surface area contributed by atoms with Gasteiger partial charge in [-0.25, -0.2) is 4.68 Å². The van der Waals surface area contributed by atoms with Crippen molar-refractivity contribution in [2.75, 3.05) is 5.32 Å². The third-order valence-electron chi connectivity index (χ3n) is 4.08. The lowest BCUT2D eigenvalue weighted by Gasteiger charge is -2.06. The van der Waals surface area contributed by atoms with E-state index >= 15 is 0 Å². The Morgan fingerprint density at radius 3 is 2.56 bits per heavy atom. The number of amides is 1. The van der Waals surface area contributed by atoms with Gasteiger partial charge in [-0.05, 0) is 46.8 Å². The number of rotatable bonds is 6. The summed E-state index contributed by atoms with van der Waals surface area (Å²) in [6.07, 6.45) is 2.40. The molecule has 2 heterocycles. The summed E-state index contributed by atoms with van der Waals surface area (Å²) in [6.45, 7) is 0. The maximum Gasteiger partial charge on any atom is 0.224 e. The molecule has 7 heteroatoms. The standard InChI is InChI=1S/C20H17N5O2/c26-20(22-16-6-8-17(9-7-16)25-14-21-23-24-25)13-11-18-10-12-19(27-18)15-4-2-1-3-5-15/h1-10,12,14H,11,13H2,(H,22,26). The maximum atomic E-state index is 12.2. The van der Waals surface area contributed by atoms with Gasteiger partial charge in [0.25, 0.3) is 0 Å². The molecule has 7 nitrogen and oxygen atoms in total. The molecule has 0 aliphatic carbocycles. The van der Waals surface area contributed by atoms with E-state index < -0.39 is 0 Å². The van der Waals surface area contributed by atoms with E-state index in [0.717, 1.165) is 28.5 Å². The third-order valence-corrected chi connectivity index (χ3v) is 4.08. The highest BCUT2D eigenvalue weighted by Gasteiger charge is 2.08. The molecule has 0 spiro atoms. The monoisotopic (exact) mass is 359 g/mol. The molecule has 0 saturated heterocycles. The summed E-state index contributed by atoms with van der Waals surface area (Å²) in [6, 6.07) is 21.0. The van der Waals surface area contributed by atoms with Crippen molar-refractivity contribution in [3.05, 3.63) is 78.8 Å². The Hall–Kier alpha value is -3.74. The summed E-state index contributed by atoms with van der Waals surface area (Å²) in [5.41, 5.74) is 2.57. The Bertz CT molecular complexity index is 1010. The average molecular weight is 359 g/mol. The number of aryl methyl sites for hydroxylation is 1. The van der Waals surface area contributed by atoms with Gasteiger partial charge in [0.15, 0.2) is 0 Å². The fourth-order valence-electron chi connectivity index (χ4n) is 2.71. The topological polar surface area (TPSA) is 85.8 Å². The molecule has 0 aliphatic heterocycles. The predicted molar refractivity (Wildman–Crippen MR) is 100 cm³/mol. The van der Waals surface area contributed by atoms with E-state index in [-0.39, 0.29) is 5.91 Å². The van der Waals surface area contributed by atoms with Gasteiger partial charge >= 0.3 is 0 Å². The summed E-state index contributed by atoms with van der Waals surface area (Å²) in [5, 5.41) is 13.9. The van der Waals surface area contributed by atoms with E-state index in [1.54, 1.807) is 4.68 Å². The first-order valence-corrected chi connectivity index (χ1v) is 8.55. The van der Waals surface area contributed by atoms with Gasteiger partial charge in [0, 0.05) is 24.1 Å².